The molecule has 3 heterocycles. The average Bonchev–Trinajstić information content (AvgIpc) is 3.48. The van der Waals surface area contributed by atoms with E-state index in [2.05, 4.69) is 15.2 Å². The second-order valence-electron chi connectivity index (χ2n) is 12.6. The van der Waals surface area contributed by atoms with Crippen LogP contribution in [0.2, 0.25) is 0 Å². The van der Waals surface area contributed by atoms with Crippen LogP contribution in [0.5, 0.6) is 0 Å². The molecule has 1 saturated heterocycles. The van der Waals surface area contributed by atoms with Crippen LogP contribution in [0.3, 0.4) is 0 Å². The Bertz CT molecular complexity index is 1100. The average molecular weight is 630 g/mol. The van der Waals surface area contributed by atoms with Gasteiger partial charge in [0.05, 0.1) is 23.5 Å². The number of hydrogen-bond acceptors (Lipinski definition) is 14. The fraction of sp³-hybridized carbons (Fsp3) is 0.750. The molecule has 0 bridgehead atoms. The molecule has 3 aliphatic heterocycles. The first-order valence-electron chi connectivity index (χ1n) is 14.0. The Hall–Kier alpha value is -2.45. The van der Waals surface area contributed by atoms with Crippen molar-refractivity contribution in [3.05, 3.63) is 10.6 Å². The number of amidine groups is 1. The van der Waals surface area contributed by atoms with Gasteiger partial charge < -0.3 is 34.3 Å². The van der Waals surface area contributed by atoms with Crippen molar-refractivity contribution in [2.24, 2.45) is 27.7 Å². The molecule has 0 radical (unpaired) electrons. The molecule has 3 aliphatic rings. The highest BCUT2D eigenvalue weighted by Crippen LogP contribution is 2.43. The first-order chi connectivity index (χ1) is 19.5. The highest BCUT2D eigenvalue weighted by atomic mass is 32.2. The Morgan fingerprint density at radius 3 is 2.10 bits per heavy atom. The molecule has 14 heteroatoms. The minimum atomic E-state index is -1.15. The Labute approximate surface area is 255 Å². The molecule has 4 atom stereocenters. The van der Waals surface area contributed by atoms with Crippen LogP contribution in [0.25, 0.3) is 0 Å². The first-order valence-corrected chi connectivity index (χ1v) is 15.8. The van der Waals surface area contributed by atoms with E-state index in [0.29, 0.717) is 4.91 Å². The number of carbonyl (C=O) groups is 4. The standard InChI is InChI=1S/C28H43N3O9S2/c1-15-19(18(16(2)32)22(33)37-13-39-24(35)27(3,4)5)30-20(23(34)38-14-40-25(36)28(6,7)8)21(15)42-17-11-31(12-17)26-29-9-10-41-26/h15-19,30,32H,9-14H2,1-8H3/t15-,16-,18-,19-/m1/s1. The van der Waals surface area contributed by atoms with Gasteiger partial charge in [0.15, 0.2) is 5.17 Å². The summed E-state index contributed by atoms with van der Waals surface area (Å²) in [4.78, 5) is 57.9. The lowest BCUT2D eigenvalue weighted by Gasteiger charge is -2.40. The molecular weight excluding hydrogens is 586 g/mol. The predicted molar refractivity (Wildman–Crippen MR) is 159 cm³/mol. The third-order valence-electron chi connectivity index (χ3n) is 6.87. The lowest BCUT2D eigenvalue weighted by molar-refractivity contribution is -0.178. The van der Waals surface area contributed by atoms with Gasteiger partial charge in [0.2, 0.25) is 13.6 Å². The lowest BCUT2D eigenvalue weighted by Crippen LogP contribution is -2.51. The van der Waals surface area contributed by atoms with Crippen LogP contribution in [0.1, 0.15) is 55.4 Å². The number of aliphatic hydroxyl groups is 1. The summed E-state index contributed by atoms with van der Waals surface area (Å²) in [5, 5.41) is 14.9. The third-order valence-corrected chi connectivity index (χ3v) is 9.36. The second-order valence-corrected chi connectivity index (χ2v) is 15.0. The molecule has 0 aromatic carbocycles. The maximum absolute atomic E-state index is 13.2. The van der Waals surface area contributed by atoms with E-state index in [1.54, 1.807) is 53.3 Å². The number of thioether (sulfide) groups is 2. The number of aliphatic imine (C=N–C) groups is 1. The van der Waals surface area contributed by atoms with Crippen molar-refractivity contribution in [3.8, 4) is 0 Å². The number of esters is 4. The molecular formula is C28H43N3O9S2. The van der Waals surface area contributed by atoms with Crippen molar-refractivity contribution < 1.29 is 43.2 Å². The topological polar surface area (TPSA) is 153 Å². The molecule has 12 nitrogen and oxygen atoms in total. The number of carbonyl (C=O) groups excluding carboxylic acids is 4. The molecule has 0 aliphatic carbocycles. The quantitative estimate of drug-likeness (QED) is 0.269. The molecule has 2 N–H and O–H groups in total. The monoisotopic (exact) mass is 629 g/mol. The van der Waals surface area contributed by atoms with Gasteiger partial charge in [-0.3, -0.25) is 19.4 Å². The lowest BCUT2D eigenvalue weighted by atomic mass is 9.87. The number of rotatable bonds is 10. The predicted octanol–water partition coefficient (Wildman–Crippen LogP) is 2.50. The molecule has 0 unspecified atom stereocenters. The normalized spacial score (nSPS) is 22.5. The summed E-state index contributed by atoms with van der Waals surface area (Å²) in [5.74, 6) is -3.07. The summed E-state index contributed by atoms with van der Waals surface area (Å²) in [5.41, 5.74) is -1.39. The van der Waals surface area contributed by atoms with Gasteiger partial charge in [-0.1, -0.05) is 18.7 Å². The van der Waals surface area contributed by atoms with Gasteiger partial charge in [-0.25, -0.2) is 4.79 Å². The van der Waals surface area contributed by atoms with Crippen molar-refractivity contribution in [1.82, 2.24) is 10.2 Å². The summed E-state index contributed by atoms with van der Waals surface area (Å²) in [6, 6.07) is -0.719. The van der Waals surface area contributed by atoms with Crippen molar-refractivity contribution in [2.45, 2.75) is 72.8 Å². The van der Waals surface area contributed by atoms with E-state index in [9.17, 15) is 24.3 Å². The van der Waals surface area contributed by atoms with Crippen LogP contribution < -0.4 is 5.32 Å². The molecule has 42 heavy (non-hydrogen) atoms. The zero-order valence-corrected chi connectivity index (χ0v) is 27.2. The van der Waals surface area contributed by atoms with E-state index in [4.69, 9.17) is 18.9 Å². The van der Waals surface area contributed by atoms with Gasteiger partial charge in [0, 0.05) is 41.0 Å². The molecule has 0 aromatic rings. The zero-order chi connectivity index (χ0) is 31.4. The summed E-state index contributed by atoms with van der Waals surface area (Å²) in [6.07, 6.45) is -1.15. The number of nitrogens with zero attached hydrogens (tertiary/aromatic N) is 2. The van der Waals surface area contributed by atoms with Gasteiger partial charge in [0.1, 0.15) is 11.6 Å². The number of nitrogens with one attached hydrogen (secondary N) is 1. The van der Waals surface area contributed by atoms with E-state index in [1.165, 1.54) is 18.7 Å². The van der Waals surface area contributed by atoms with Crippen LogP contribution in [-0.4, -0.2) is 95.4 Å². The Balaban J connectivity index is 1.72. The van der Waals surface area contributed by atoms with E-state index in [0.717, 1.165) is 30.6 Å². The number of aliphatic hydroxyl groups excluding tert-OH is 1. The summed E-state index contributed by atoms with van der Waals surface area (Å²) < 4.78 is 20.7. The fourth-order valence-corrected chi connectivity index (χ4v) is 6.74. The molecule has 236 valence electrons. The van der Waals surface area contributed by atoms with Crippen LogP contribution in [-0.2, 0) is 38.1 Å². The molecule has 0 aromatic heterocycles. The van der Waals surface area contributed by atoms with Crippen molar-refractivity contribution in [3.63, 3.8) is 0 Å². The number of likely N-dealkylation sites (tertiary alicyclic amines) is 1. The summed E-state index contributed by atoms with van der Waals surface area (Å²) >= 11 is 3.24. The largest absolute Gasteiger partial charge is 0.428 e. The van der Waals surface area contributed by atoms with Crippen LogP contribution in [0.4, 0.5) is 0 Å². The van der Waals surface area contributed by atoms with Crippen LogP contribution in [0, 0.1) is 22.7 Å². The highest BCUT2D eigenvalue weighted by molar-refractivity contribution is 8.14. The Morgan fingerprint density at radius 2 is 1.60 bits per heavy atom. The van der Waals surface area contributed by atoms with E-state index in [-0.39, 0.29) is 16.9 Å². The minimum Gasteiger partial charge on any atom is -0.428 e. The maximum Gasteiger partial charge on any atom is 0.358 e. The molecule has 0 spiro atoms. The second kappa shape index (κ2) is 13.9. The maximum atomic E-state index is 13.2. The Kier molecular flexibility index (Phi) is 11.3. The smallest absolute Gasteiger partial charge is 0.358 e. The summed E-state index contributed by atoms with van der Waals surface area (Å²) in [7, 11) is 0. The van der Waals surface area contributed by atoms with Gasteiger partial charge >= 0.3 is 23.9 Å². The van der Waals surface area contributed by atoms with Gasteiger partial charge in [0.25, 0.3) is 0 Å². The highest BCUT2D eigenvalue weighted by Gasteiger charge is 2.46. The van der Waals surface area contributed by atoms with Crippen molar-refractivity contribution in [1.29, 1.82) is 0 Å². The van der Waals surface area contributed by atoms with Crippen LogP contribution in [0.15, 0.2) is 15.6 Å². The first kappa shape index (κ1) is 34.0. The SMILES string of the molecule is C[C@@H](O)[C@@H](C(=O)OCOC(=O)C(C)(C)C)[C@@H]1NC(C(=O)OCOC(=O)C(C)(C)C)=C(SC2CN(C3=NCCS3)C2)[C@@H]1C. The van der Waals surface area contributed by atoms with Gasteiger partial charge in [-0.05, 0) is 48.5 Å². The molecule has 0 amide bonds. The minimum absolute atomic E-state index is 0.146. The van der Waals surface area contributed by atoms with Crippen molar-refractivity contribution in [2.75, 3.05) is 39.0 Å². The van der Waals surface area contributed by atoms with E-state index in [1.807, 2.05) is 6.92 Å². The zero-order valence-electron chi connectivity index (χ0n) is 25.6. The molecule has 0 saturated carbocycles. The number of hydrogen-bond donors (Lipinski definition) is 2. The number of ether oxygens (including phenoxy) is 4. The van der Waals surface area contributed by atoms with Gasteiger partial charge in [-0.15, -0.1) is 11.8 Å². The van der Waals surface area contributed by atoms with E-state index < -0.39 is 66.4 Å². The fourth-order valence-electron chi connectivity index (χ4n) is 4.37. The molecule has 1 fully saturated rings. The third kappa shape index (κ3) is 8.56. The summed E-state index contributed by atoms with van der Waals surface area (Å²) in [6.45, 7) is 14.6. The van der Waals surface area contributed by atoms with Gasteiger partial charge in [-0.2, -0.15) is 0 Å². The molecule has 3 rings (SSSR count). The van der Waals surface area contributed by atoms with E-state index >= 15 is 0 Å². The van der Waals surface area contributed by atoms with Crippen LogP contribution >= 0.6 is 23.5 Å². The Morgan fingerprint density at radius 1 is 1.02 bits per heavy atom. The van der Waals surface area contributed by atoms with Crippen molar-refractivity contribution >= 4 is 52.6 Å².